The smallest absolute Gasteiger partial charge is 0.122 e. The molecule has 1 aromatic heterocycles. The molecule has 0 spiro atoms. The maximum absolute atomic E-state index is 6.07. The van der Waals surface area contributed by atoms with Crippen molar-refractivity contribution in [3.05, 3.63) is 52.0 Å². The summed E-state index contributed by atoms with van der Waals surface area (Å²) in [7, 11) is 0. The standard InChI is InChI=1S/C16H19Cl2N3O/c17-14-4-3-12(8-15(14)18)11-21-6-5-20-16(21)10-19-9-13-2-1-7-22-13/h3-6,8,13,19H,1-2,7,9-11H2/t13-/m1/s1. The maximum Gasteiger partial charge on any atom is 0.122 e. The summed E-state index contributed by atoms with van der Waals surface area (Å²) in [6.45, 7) is 3.22. The minimum atomic E-state index is 0.346. The van der Waals surface area contributed by atoms with Crippen molar-refractivity contribution in [2.75, 3.05) is 13.2 Å². The second-order valence-corrected chi connectivity index (χ2v) is 6.30. The first-order chi connectivity index (χ1) is 10.7. The van der Waals surface area contributed by atoms with Crippen molar-refractivity contribution in [1.29, 1.82) is 0 Å². The Balaban J connectivity index is 1.57. The van der Waals surface area contributed by atoms with Gasteiger partial charge in [-0.2, -0.15) is 0 Å². The Morgan fingerprint density at radius 1 is 1.32 bits per heavy atom. The fourth-order valence-electron chi connectivity index (χ4n) is 2.64. The van der Waals surface area contributed by atoms with E-state index in [0.717, 1.165) is 50.5 Å². The van der Waals surface area contributed by atoms with Crippen molar-refractivity contribution in [1.82, 2.24) is 14.9 Å². The molecule has 1 fully saturated rings. The molecule has 1 atom stereocenters. The Hall–Kier alpha value is -1.07. The number of halogens is 2. The average molecular weight is 340 g/mol. The summed E-state index contributed by atoms with van der Waals surface area (Å²) < 4.78 is 7.72. The quantitative estimate of drug-likeness (QED) is 0.875. The lowest BCUT2D eigenvalue weighted by molar-refractivity contribution is 0.109. The zero-order valence-corrected chi connectivity index (χ0v) is 13.8. The first kappa shape index (κ1) is 15.8. The van der Waals surface area contributed by atoms with E-state index < -0.39 is 0 Å². The molecular weight excluding hydrogens is 321 g/mol. The lowest BCUT2D eigenvalue weighted by atomic mass is 10.2. The molecular formula is C16H19Cl2N3O. The van der Waals surface area contributed by atoms with Gasteiger partial charge in [0.15, 0.2) is 0 Å². The summed E-state index contributed by atoms with van der Waals surface area (Å²) in [6.07, 6.45) is 6.45. The van der Waals surface area contributed by atoms with Crippen LogP contribution in [0.2, 0.25) is 10.0 Å². The monoisotopic (exact) mass is 339 g/mol. The Bertz CT molecular complexity index is 624. The van der Waals surface area contributed by atoms with Crippen LogP contribution in [-0.4, -0.2) is 28.8 Å². The van der Waals surface area contributed by atoms with E-state index in [1.165, 1.54) is 0 Å². The lowest BCUT2D eigenvalue weighted by Gasteiger charge is -2.12. The normalized spacial score (nSPS) is 18.0. The van der Waals surface area contributed by atoms with Gasteiger partial charge in [0.2, 0.25) is 0 Å². The molecule has 0 amide bonds. The van der Waals surface area contributed by atoms with E-state index >= 15 is 0 Å². The van der Waals surface area contributed by atoms with Gasteiger partial charge >= 0.3 is 0 Å². The van der Waals surface area contributed by atoms with Crippen molar-refractivity contribution >= 4 is 23.2 Å². The van der Waals surface area contributed by atoms with Crippen molar-refractivity contribution < 1.29 is 4.74 Å². The number of aromatic nitrogens is 2. The van der Waals surface area contributed by atoms with Crippen molar-refractivity contribution in [3.8, 4) is 0 Å². The van der Waals surface area contributed by atoms with Crippen molar-refractivity contribution in [3.63, 3.8) is 0 Å². The van der Waals surface area contributed by atoms with Crippen LogP contribution < -0.4 is 5.32 Å². The van der Waals surface area contributed by atoms with E-state index in [1.807, 2.05) is 30.6 Å². The van der Waals surface area contributed by atoms with Crippen LogP contribution in [0.1, 0.15) is 24.2 Å². The Labute approximate surface area is 140 Å². The van der Waals surface area contributed by atoms with E-state index in [9.17, 15) is 0 Å². The molecule has 2 aromatic rings. The second kappa shape index (κ2) is 7.47. The molecule has 1 aliphatic heterocycles. The highest BCUT2D eigenvalue weighted by atomic mass is 35.5. The van der Waals surface area contributed by atoms with Gasteiger partial charge in [-0.3, -0.25) is 0 Å². The highest BCUT2D eigenvalue weighted by Crippen LogP contribution is 2.23. The van der Waals surface area contributed by atoms with Gasteiger partial charge in [0.1, 0.15) is 5.82 Å². The zero-order valence-electron chi connectivity index (χ0n) is 12.3. The summed E-state index contributed by atoms with van der Waals surface area (Å²) >= 11 is 12.0. The van der Waals surface area contributed by atoms with Gasteiger partial charge in [-0.1, -0.05) is 29.3 Å². The second-order valence-electron chi connectivity index (χ2n) is 5.49. The number of ether oxygens (including phenoxy) is 1. The predicted molar refractivity (Wildman–Crippen MR) is 88.5 cm³/mol. The molecule has 6 heteroatoms. The van der Waals surface area contributed by atoms with Crippen molar-refractivity contribution in [2.45, 2.75) is 32.0 Å². The van der Waals surface area contributed by atoms with Crippen LogP contribution in [0.4, 0.5) is 0 Å². The molecule has 118 valence electrons. The number of hydrogen-bond acceptors (Lipinski definition) is 3. The highest BCUT2D eigenvalue weighted by Gasteiger charge is 2.15. The van der Waals surface area contributed by atoms with Gasteiger partial charge in [-0.15, -0.1) is 0 Å². The number of nitrogens with one attached hydrogen (secondary N) is 1. The number of benzene rings is 1. The van der Waals surface area contributed by atoms with Gasteiger partial charge in [-0.25, -0.2) is 4.98 Å². The van der Waals surface area contributed by atoms with Crippen LogP contribution in [0.25, 0.3) is 0 Å². The molecule has 1 aromatic carbocycles. The van der Waals surface area contributed by atoms with Crippen LogP contribution in [0, 0.1) is 0 Å². The number of hydrogen-bond donors (Lipinski definition) is 1. The number of rotatable bonds is 6. The van der Waals surface area contributed by atoms with E-state index in [4.69, 9.17) is 27.9 Å². The molecule has 0 aliphatic carbocycles. The van der Waals surface area contributed by atoms with E-state index in [2.05, 4.69) is 14.9 Å². The van der Waals surface area contributed by atoms with E-state index in [1.54, 1.807) is 0 Å². The minimum Gasteiger partial charge on any atom is -0.377 e. The molecule has 1 N–H and O–H groups in total. The minimum absolute atomic E-state index is 0.346. The van der Waals surface area contributed by atoms with Gasteiger partial charge < -0.3 is 14.6 Å². The van der Waals surface area contributed by atoms with Gasteiger partial charge in [0, 0.05) is 32.1 Å². The first-order valence-corrected chi connectivity index (χ1v) is 8.24. The summed E-state index contributed by atoms with van der Waals surface area (Å²) in [5.74, 6) is 1.00. The van der Waals surface area contributed by atoms with Gasteiger partial charge in [0.05, 0.1) is 22.7 Å². The fourth-order valence-corrected chi connectivity index (χ4v) is 2.96. The molecule has 0 radical (unpaired) electrons. The van der Waals surface area contributed by atoms with Crippen LogP contribution >= 0.6 is 23.2 Å². The number of nitrogens with zero attached hydrogens (tertiary/aromatic N) is 2. The van der Waals surface area contributed by atoms with Crippen molar-refractivity contribution in [2.24, 2.45) is 0 Å². The molecule has 1 saturated heterocycles. The third kappa shape index (κ3) is 4.02. The third-order valence-electron chi connectivity index (χ3n) is 3.82. The lowest BCUT2D eigenvalue weighted by Crippen LogP contribution is -2.27. The van der Waals surface area contributed by atoms with Crippen LogP contribution in [-0.2, 0) is 17.8 Å². The molecule has 0 unspecified atom stereocenters. The SMILES string of the molecule is Clc1ccc(Cn2ccnc2CNC[C@H]2CCCO2)cc1Cl. The summed E-state index contributed by atoms with van der Waals surface area (Å²) in [4.78, 5) is 4.42. The predicted octanol–water partition coefficient (Wildman–Crippen LogP) is 3.51. The van der Waals surface area contributed by atoms with Gasteiger partial charge in [-0.05, 0) is 30.5 Å². The van der Waals surface area contributed by atoms with E-state index in [-0.39, 0.29) is 0 Å². The molecule has 2 heterocycles. The molecule has 4 nitrogen and oxygen atoms in total. The fraction of sp³-hybridized carbons (Fsp3) is 0.438. The molecule has 1 aliphatic rings. The zero-order chi connectivity index (χ0) is 15.4. The topological polar surface area (TPSA) is 39.1 Å². The van der Waals surface area contributed by atoms with E-state index in [0.29, 0.717) is 16.1 Å². The molecule has 0 bridgehead atoms. The Kier molecular flexibility index (Phi) is 5.37. The van der Waals surface area contributed by atoms with Crippen LogP contribution in [0.15, 0.2) is 30.6 Å². The molecule has 22 heavy (non-hydrogen) atoms. The first-order valence-electron chi connectivity index (χ1n) is 7.48. The summed E-state index contributed by atoms with van der Waals surface area (Å²) in [5.41, 5.74) is 1.10. The Morgan fingerprint density at radius 3 is 3.00 bits per heavy atom. The highest BCUT2D eigenvalue weighted by molar-refractivity contribution is 6.42. The van der Waals surface area contributed by atoms with Crippen LogP contribution in [0.3, 0.4) is 0 Å². The van der Waals surface area contributed by atoms with Gasteiger partial charge in [0.25, 0.3) is 0 Å². The average Bonchev–Trinajstić information content (AvgIpc) is 3.16. The molecule has 3 rings (SSSR count). The Morgan fingerprint density at radius 2 is 2.23 bits per heavy atom. The molecule has 0 saturated carbocycles. The third-order valence-corrected chi connectivity index (χ3v) is 4.56. The maximum atomic E-state index is 6.07. The van der Waals surface area contributed by atoms with Crippen LogP contribution in [0.5, 0.6) is 0 Å². The number of imidazole rings is 1. The summed E-state index contributed by atoms with van der Waals surface area (Å²) in [5, 5.41) is 4.58. The largest absolute Gasteiger partial charge is 0.377 e. The summed E-state index contributed by atoms with van der Waals surface area (Å²) in [6, 6.07) is 5.71.